The summed E-state index contributed by atoms with van der Waals surface area (Å²) >= 11 is 1.53. The van der Waals surface area contributed by atoms with Crippen molar-refractivity contribution in [2.24, 2.45) is 23.7 Å². The van der Waals surface area contributed by atoms with Gasteiger partial charge in [0.25, 0.3) is 0 Å². The molecule has 2 saturated carbocycles. The maximum absolute atomic E-state index is 11.8. The molecule has 0 spiro atoms. The van der Waals surface area contributed by atoms with E-state index in [-0.39, 0.29) is 23.9 Å². The molecule has 0 N–H and O–H groups in total. The van der Waals surface area contributed by atoms with Crippen LogP contribution in [0.5, 0.6) is 0 Å². The summed E-state index contributed by atoms with van der Waals surface area (Å²) in [6.45, 7) is 10.4. The second-order valence-corrected chi connectivity index (χ2v) is 11.3. The summed E-state index contributed by atoms with van der Waals surface area (Å²) in [5.74, 6) is 3.13. The highest BCUT2D eigenvalue weighted by Gasteiger charge is 2.34. The van der Waals surface area contributed by atoms with Crippen LogP contribution in [0, 0.1) is 23.7 Å². The van der Waals surface area contributed by atoms with Crippen LogP contribution < -0.4 is 0 Å². The summed E-state index contributed by atoms with van der Waals surface area (Å²) in [6, 6.07) is 0. The summed E-state index contributed by atoms with van der Waals surface area (Å²) in [5, 5.41) is 0.381. The van der Waals surface area contributed by atoms with Crippen LogP contribution in [0.25, 0.3) is 0 Å². The van der Waals surface area contributed by atoms with E-state index in [1.807, 2.05) is 20.8 Å². The monoisotopic (exact) mass is 468 g/mol. The largest absolute Gasteiger partial charge is 0.462 e. The predicted octanol–water partition coefficient (Wildman–Crippen LogP) is 8.59. The van der Waals surface area contributed by atoms with Gasteiger partial charge in [-0.2, -0.15) is 0 Å². The molecule has 0 amide bonds. The molecule has 0 aromatic carbocycles. The number of ether oxygens (including phenoxy) is 1. The lowest BCUT2D eigenvalue weighted by Gasteiger charge is -2.39. The second-order valence-electron chi connectivity index (χ2n) is 10.2. The lowest BCUT2D eigenvalue weighted by Crippen LogP contribution is -2.34. The maximum atomic E-state index is 11.8. The second kappa shape index (κ2) is 17.9. The smallest absolute Gasteiger partial charge is 0.308 e. The molecule has 0 radical (unpaired) electrons. The Balaban J connectivity index is 0.000000324. The molecule has 32 heavy (non-hydrogen) atoms. The quantitative estimate of drug-likeness (QED) is 0.212. The first-order chi connectivity index (χ1) is 15.4. The highest BCUT2D eigenvalue weighted by molar-refractivity contribution is 8.13. The van der Waals surface area contributed by atoms with Crippen LogP contribution in [-0.4, -0.2) is 22.9 Å². The fraction of sp³-hybridized carbons (Fsp3) is 0.929. The molecule has 0 aromatic heterocycles. The number of rotatable bonds is 12. The number of thioether (sulfide) groups is 1. The number of unbranched alkanes of at least 4 members (excludes halogenated alkanes) is 5. The minimum absolute atomic E-state index is 0.0201. The van der Waals surface area contributed by atoms with Crippen molar-refractivity contribution >= 4 is 22.8 Å². The highest BCUT2D eigenvalue weighted by Crippen LogP contribution is 2.41. The average Bonchev–Trinajstić information content (AvgIpc) is 2.82. The first-order valence-corrected chi connectivity index (χ1v) is 14.8. The van der Waals surface area contributed by atoms with Gasteiger partial charge in [0.2, 0.25) is 0 Å². The Morgan fingerprint density at radius 3 is 2.09 bits per heavy atom. The van der Waals surface area contributed by atoms with E-state index >= 15 is 0 Å². The topological polar surface area (TPSA) is 43.4 Å². The zero-order valence-electron chi connectivity index (χ0n) is 21.8. The predicted molar refractivity (Wildman–Crippen MR) is 139 cm³/mol. The molecule has 5 unspecified atom stereocenters. The first-order valence-electron chi connectivity index (χ1n) is 13.8. The van der Waals surface area contributed by atoms with Crippen LogP contribution in [0.15, 0.2) is 0 Å². The van der Waals surface area contributed by atoms with Gasteiger partial charge in [-0.05, 0) is 50.4 Å². The molecule has 2 aliphatic carbocycles. The van der Waals surface area contributed by atoms with Crippen molar-refractivity contribution in [3.05, 3.63) is 0 Å². The van der Waals surface area contributed by atoms with E-state index < -0.39 is 0 Å². The van der Waals surface area contributed by atoms with Gasteiger partial charge in [-0.3, -0.25) is 9.59 Å². The lowest BCUT2D eigenvalue weighted by atomic mass is 9.70. The summed E-state index contributed by atoms with van der Waals surface area (Å²) in [6.07, 6.45) is 19.0. The number of carbonyl (C=O) groups excluding carboxylic acids is 2. The van der Waals surface area contributed by atoms with Gasteiger partial charge in [0.1, 0.15) is 6.10 Å². The van der Waals surface area contributed by atoms with E-state index in [0.29, 0.717) is 5.12 Å². The Morgan fingerprint density at radius 2 is 1.44 bits per heavy atom. The van der Waals surface area contributed by atoms with E-state index in [1.165, 1.54) is 82.4 Å². The molecule has 0 aromatic rings. The molecule has 0 heterocycles. The summed E-state index contributed by atoms with van der Waals surface area (Å²) < 4.78 is 5.65. The molecular weight excluding hydrogens is 416 g/mol. The van der Waals surface area contributed by atoms with Crippen LogP contribution in [0.4, 0.5) is 0 Å². The van der Waals surface area contributed by atoms with Crippen molar-refractivity contribution < 1.29 is 14.3 Å². The molecule has 0 saturated heterocycles. The van der Waals surface area contributed by atoms with Gasteiger partial charge in [0.15, 0.2) is 5.12 Å². The van der Waals surface area contributed by atoms with Gasteiger partial charge in [0, 0.05) is 11.7 Å². The Bertz CT molecular complexity index is 507. The molecule has 5 atom stereocenters. The maximum Gasteiger partial charge on any atom is 0.308 e. The van der Waals surface area contributed by atoms with Crippen LogP contribution in [0.3, 0.4) is 0 Å². The lowest BCUT2D eigenvalue weighted by molar-refractivity contribution is -0.157. The third kappa shape index (κ3) is 12.1. The third-order valence-corrected chi connectivity index (χ3v) is 8.73. The van der Waals surface area contributed by atoms with E-state index in [0.717, 1.165) is 43.3 Å². The minimum Gasteiger partial charge on any atom is -0.462 e. The Morgan fingerprint density at radius 1 is 0.812 bits per heavy atom. The van der Waals surface area contributed by atoms with Crippen molar-refractivity contribution in [3.8, 4) is 0 Å². The van der Waals surface area contributed by atoms with Crippen molar-refractivity contribution in [2.75, 3.05) is 5.75 Å². The molecule has 2 fully saturated rings. The van der Waals surface area contributed by atoms with E-state index in [4.69, 9.17) is 4.74 Å². The standard InChI is InChI=1S/C15H26O2.C13H26OS/c1-3-11(2)15(16)17-14-9-8-12-6-4-5-7-13(12)10-14;1-4-6-7-8-9-10-11-15-13(14)12(3)5-2/h11-14H,3-10H2,1-2H3;12H,4-11H2,1-3H3. The molecule has 4 heteroatoms. The molecule has 188 valence electrons. The van der Waals surface area contributed by atoms with Gasteiger partial charge >= 0.3 is 5.97 Å². The zero-order chi connectivity index (χ0) is 23.8. The molecular formula is C28H52O3S. The normalized spacial score (nSPS) is 24.5. The number of fused-ring (bicyclic) bond motifs is 1. The van der Waals surface area contributed by atoms with Gasteiger partial charge < -0.3 is 4.74 Å². The molecule has 3 nitrogen and oxygen atoms in total. The fourth-order valence-corrected chi connectivity index (χ4v) is 5.75. The molecule has 0 bridgehead atoms. The van der Waals surface area contributed by atoms with E-state index in [2.05, 4.69) is 13.8 Å². The highest BCUT2D eigenvalue weighted by atomic mass is 32.2. The fourth-order valence-electron chi connectivity index (χ4n) is 4.75. The summed E-state index contributed by atoms with van der Waals surface area (Å²) in [7, 11) is 0. The number of hydrogen-bond donors (Lipinski definition) is 0. The Kier molecular flexibility index (Phi) is 16.5. The van der Waals surface area contributed by atoms with Gasteiger partial charge in [-0.1, -0.05) is 104 Å². The van der Waals surface area contributed by atoms with Gasteiger partial charge in [-0.25, -0.2) is 0 Å². The third-order valence-electron chi connectivity index (χ3n) is 7.55. The van der Waals surface area contributed by atoms with Crippen LogP contribution in [0.2, 0.25) is 0 Å². The van der Waals surface area contributed by atoms with Crippen molar-refractivity contribution in [1.82, 2.24) is 0 Å². The summed E-state index contributed by atoms with van der Waals surface area (Å²) in [5.41, 5.74) is 0. The molecule has 0 aliphatic heterocycles. The van der Waals surface area contributed by atoms with Crippen molar-refractivity contribution in [1.29, 1.82) is 0 Å². The number of hydrogen-bond acceptors (Lipinski definition) is 4. The van der Waals surface area contributed by atoms with Gasteiger partial charge in [-0.15, -0.1) is 0 Å². The van der Waals surface area contributed by atoms with Crippen LogP contribution in [0.1, 0.15) is 131 Å². The van der Waals surface area contributed by atoms with Crippen molar-refractivity contribution in [2.45, 2.75) is 137 Å². The summed E-state index contributed by atoms with van der Waals surface area (Å²) in [4.78, 5) is 23.3. The SMILES string of the molecule is CCC(C)C(=O)OC1CCC2CCCCC2C1.CCCCCCCCSC(=O)C(C)CC. The Hall–Kier alpha value is -0.510. The van der Waals surface area contributed by atoms with Crippen molar-refractivity contribution in [3.63, 3.8) is 0 Å². The van der Waals surface area contributed by atoms with E-state index in [9.17, 15) is 9.59 Å². The van der Waals surface area contributed by atoms with Crippen LogP contribution >= 0.6 is 11.8 Å². The average molecular weight is 469 g/mol. The minimum atomic E-state index is 0.0201. The van der Waals surface area contributed by atoms with Gasteiger partial charge in [0.05, 0.1) is 5.92 Å². The number of esters is 1. The molecule has 2 aliphatic rings. The first kappa shape index (κ1) is 29.5. The molecule has 2 rings (SSSR count). The number of carbonyl (C=O) groups is 2. The van der Waals surface area contributed by atoms with Crippen LogP contribution in [-0.2, 0) is 14.3 Å². The Labute approximate surface area is 203 Å². The van der Waals surface area contributed by atoms with E-state index in [1.54, 1.807) is 0 Å². The zero-order valence-corrected chi connectivity index (χ0v) is 22.6.